The summed E-state index contributed by atoms with van der Waals surface area (Å²) >= 11 is 0. The lowest BCUT2D eigenvalue weighted by Crippen LogP contribution is -2.45. The summed E-state index contributed by atoms with van der Waals surface area (Å²) in [5.41, 5.74) is 4.88. The van der Waals surface area contributed by atoms with Gasteiger partial charge >= 0.3 is 5.97 Å². The molecule has 0 aliphatic rings. The van der Waals surface area contributed by atoms with Gasteiger partial charge < -0.3 is 19.9 Å². The molecule has 0 fully saturated rings. The van der Waals surface area contributed by atoms with Gasteiger partial charge in [0.05, 0.1) is 20.3 Å². The highest BCUT2D eigenvalue weighted by molar-refractivity contribution is 5.79. The number of carbonyl (C=O) groups excluding carboxylic acids is 1. The number of hydrogen-bond acceptors (Lipinski definition) is 5. The zero-order valence-corrected chi connectivity index (χ0v) is 11.2. The topological polar surface area (TPSA) is 70.8 Å². The number of carbonyl (C=O) groups is 1. The Morgan fingerprint density at radius 3 is 2.29 bits per heavy atom. The van der Waals surface area contributed by atoms with E-state index in [1.165, 1.54) is 7.11 Å². The molecule has 5 nitrogen and oxygen atoms in total. The van der Waals surface area contributed by atoms with Crippen LogP contribution in [0.15, 0.2) is 0 Å². The first kappa shape index (κ1) is 16.4. The van der Waals surface area contributed by atoms with Gasteiger partial charge in [-0.15, -0.1) is 0 Å². The van der Waals surface area contributed by atoms with Crippen molar-refractivity contribution >= 4 is 5.97 Å². The van der Waals surface area contributed by atoms with E-state index in [1.807, 2.05) is 0 Å². The summed E-state index contributed by atoms with van der Waals surface area (Å²) < 4.78 is 15.2. The Labute approximate surface area is 104 Å². The predicted octanol–water partition coefficient (Wildman–Crippen LogP) is 1.10. The monoisotopic (exact) mass is 247 g/mol. The smallest absolute Gasteiger partial charge is 0.325 e. The van der Waals surface area contributed by atoms with Gasteiger partial charge in [0.1, 0.15) is 5.54 Å². The van der Waals surface area contributed by atoms with Gasteiger partial charge in [0.15, 0.2) is 0 Å². The van der Waals surface area contributed by atoms with E-state index >= 15 is 0 Å². The predicted molar refractivity (Wildman–Crippen MR) is 65.8 cm³/mol. The largest absolute Gasteiger partial charge is 0.468 e. The number of ether oxygens (including phenoxy) is 3. The molecule has 0 rings (SSSR count). The third-order valence-corrected chi connectivity index (χ3v) is 2.36. The molecule has 0 saturated heterocycles. The van der Waals surface area contributed by atoms with Crippen LogP contribution >= 0.6 is 0 Å². The van der Waals surface area contributed by atoms with E-state index in [9.17, 15) is 4.79 Å². The zero-order valence-electron chi connectivity index (χ0n) is 11.2. The van der Waals surface area contributed by atoms with Crippen molar-refractivity contribution in [2.24, 2.45) is 5.73 Å². The van der Waals surface area contributed by atoms with Crippen LogP contribution in [0.3, 0.4) is 0 Å². The third kappa shape index (κ3) is 8.12. The van der Waals surface area contributed by atoms with E-state index in [2.05, 4.69) is 11.7 Å². The van der Waals surface area contributed by atoms with Gasteiger partial charge in [-0.1, -0.05) is 6.92 Å². The fraction of sp³-hybridized carbons (Fsp3) is 0.917. The second-order valence-corrected chi connectivity index (χ2v) is 4.24. The molecule has 0 spiro atoms. The fourth-order valence-corrected chi connectivity index (χ4v) is 1.34. The summed E-state index contributed by atoms with van der Waals surface area (Å²) in [4.78, 5) is 11.3. The maximum absolute atomic E-state index is 11.3. The Balaban J connectivity index is 3.42. The first-order valence-corrected chi connectivity index (χ1v) is 6.07. The number of nitrogens with two attached hydrogens (primary N) is 1. The van der Waals surface area contributed by atoms with Gasteiger partial charge in [-0.2, -0.15) is 0 Å². The number of methoxy groups -OCH3 is 1. The number of rotatable bonds is 10. The van der Waals surface area contributed by atoms with E-state index in [1.54, 1.807) is 6.92 Å². The summed E-state index contributed by atoms with van der Waals surface area (Å²) in [6, 6.07) is 0. The molecule has 102 valence electrons. The Morgan fingerprint density at radius 2 is 1.76 bits per heavy atom. The molecule has 17 heavy (non-hydrogen) atoms. The number of hydrogen-bond donors (Lipinski definition) is 1. The summed E-state index contributed by atoms with van der Waals surface area (Å²) in [6.07, 6.45) is 2.30. The summed E-state index contributed by atoms with van der Waals surface area (Å²) in [5, 5.41) is 0. The SMILES string of the molecule is CCCOCCOCCCC(C)(N)C(=O)OC. The van der Waals surface area contributed by atoms with Crippen LogP contribution in [0, 0.1) is 0 Å². The molecule has 0 aromatic carbocycles. The molecule has 1 atom stereocenters. The second kappa shape index (κ2) is 9.39. The third-order valence-electron chi connectivity index (χ3n) is 2.36. The Morgan fingerprint density at radius 1 is 1.18 bits per heavy atom. The van der Waals surface area contributed by atoms with Crippen LogP contribution in [-0.2, 0) is 19.0 Å². The van der Waals surface area contributed by atoms with Gasteiger partial charge in [-0.25, -0.2) is 0 Å². The lowest BCUT2D eigenvalue weighted by molar-refractivity contribution is -0.146. The van der Waals surface area contributed by atoms with Crippen molar-refractivity contribution in [3.8, 4) is 0 Å². The molecule has 1 unspecified atom stereocenters. The lowest BCUT2D eigenvalue weighted by atomic mass is 9.98. The molecule has 0 heterocycles. The van der Waals surface area contributed by atoms with Crippen LogP contribution in [0.5, 0.6) is 0 Å². The van der Waals surface area contributed by atoms with Crippen molar-refractivity contribution in [3.05, 3.63) is 0 Å². The van der Waals surface area contributed by atoms with Crippen LogP contribution in [0.4, 0.5) is 0 Å². The van der Waals surface area contributed by atoms with E-state index in [-0.39, 0.29) is 5.97 Å². The van der Waals surface area contributed by atoms with Crippen molar-refractivity contribution in [2.75, 3.05) is 33.5 Å². The molecule has 0 aromatic rings. The maximum Gasteiger partial charge on any atom is 0.325 e. The van der Waals surface area contributed by atoms with E-state index in [0.717, 1.165) is 19.4 Å². The minimum atomic E-state index is -0.920. The molecule has 0 aliphatic carbocycles. The van der Waals surface area contributed by atoms with Crippen molar-refractivity contribution in [3.63, 3.8) is 0 Å². The van der Waals surface area contributed by atoms with Crippen molar-refractivity contribution < 1.29 is 19.0 Å². The Hall–Kier alpha value is -0.650. The summed E-state index contributed by atoms with van der Waals surface area (Å²) in [6.45, 7) is 6.29. The molecule has 0 amide bonds. The fourth-order valence-electron chi connectivity index (χ4n) is 1.34. The Bertz CT molecular complexity index is 207. The van der Waals surface area contributed by atoms with Crippen molar-refractivity contribution in [1.82, 2.24) is 0 Å². The number of esters is 1. The van der Waals surface area contributed by atoms with Gasteiger partial charge in [-0.3, -0.25) is 4.79 Å². The highest BCUT2D eigenvalue weighted by Crippen LogP contribution is 2.10. The Kier molecular flexibility index (Phi) is 9.03. The van der Waals surface area contributed by atoms with Crippen LogP contribution in [0.25, 0.3) is 0 Å². The van der Waals surface area contributed by atoms with Crippen LogP contribution in [0.2, 0.25) is 0 Å². The molecule has 0 radical (unpaired) electrons. The van der Waals surface area contributed by atoms with Crippen LogP contribution in [0.1, 0.15) is 33.1 Å². The highest BCUT2D eigenvalue weighted by atomic mass is 16.5. The molecule has 0 aliphatic heterocycles. The van der Waals surface area contributed by atoms with Gasteiger partial charge in [0.25, 0.3) is 0 Å². The molecule has 5 heteroatoms. The summed E-state index contributed by atoms with van der Waals surface area (Å²) in [7, 11) is 1.34. The van der Waals surface area contributed by atoms with Gasteiger partial charge in [0.2, 0.25) is 0 Å². The van der Waals surface area contributed by atoms with Crippen molar-refractivity contribution in [1.29, 1.82) is 0 Å². The molecule has 0 bridgehead atoms. The summed E-state index contributed by atoms with van der Waals surface area (Å²) in [5.74, 6) is -0.385. The maximum atomic E-state index is 11.3. The molecular formula is C12H25NO4. The zero-order chi connectivity index (χ0) is 13.1. The van der Waals surface area contributed by atoms with Crippen LogP contribution in [-0.4, -0.2) is 45.0 Å². The van der Waals surface area contributed by atoms with E-state index < -0.39 is 5.54 Å². The minimum Gasteiger partial charge on any atom is -0.468 e. The van der Waals surface area contributed by atoms with E-state index in [0.29, 0.717) is 26.2 Å². The molecule has 2 N–H and O–H groups in total. The average Bonchev–Trinajstić information content (AvgIpc) is 2.31. The first-order valence-electron chi connectivity index (χ1n) is 6.07. The van der Waals surface area contributed by atoms with E-state index in [4.69, 9.17) is 15.2 Å². The quantitative estimate of drug-likeness (QED) is 0.462. The highest BCUT2D eigenvalue weighted by Gasteiger charge is 2.28. The first-order chi connectivity index (χ1) is 8.04. The second-order valence-electron chi connectivity index (χ2n) is 4.24. The normalized spacial score (nSPS) is 14.4. The van der Waals surface area contributed by atoms with Crippen molar-refractivity contribution in [2.45, 2.75) is 38.6 Å². The van der Waals surface area contributed by atoms with Crippen LogP contribution < -0.4 is 5.73 Å². The molecule has 0 aromatic heterocycles. The lowest BCUT2D eigenvalue weighted by Gasteiger charge is -2.20. The van der Waals surface area contributed by atoms with Gasteiger partial charge in [0, 0.05) is 13.2 Å². The standard InChI is InChI=1S/C12H25NO4/c1-4-7-16-9-10-17-8-5-6-12(2,13)11(14)15-3/h4-10,13H2,1-3H3. The molecule has 0 saturated carbocycles. The molecular weight excluding hydrogens is 222 g/mol. The minimum absolute atomic E-state index is 0.385. The van der Waals surface area contributed by atoms with Gasteiger partial charge in [-0.05, 0) is 26.2 Å². The average molecular weight is 247 g/mol.